The molecular formula is C10H11Cl2N3O2S2. The molecule has 104 valence electrons. The summed E-state index contributed by atoms with van der Waals surface area (Å²) in [6, 6.07) is 3.53. The number of aryl methyl sites for hydroxylation is 1. The van der Waals surface area contributed by atoms with Crippen LogP contribution in [0.15, 0.2) is 23.4 Å². The third-order valence-corrected chi connectivity index (χ3v) is 6.03. The molecule has 0 saturated heterocycles. The van der Waals surface area contributed by atoms with Crippen molar-refractivity contribution < 1.29 is 8.42 Å². The molecule has 0 aromatic carbocycles. The summed E-state index contributed by atoms with van der Waals surface area (Å²) in [6.45, 7) is 0.237. The Kier molecular flexibility index (Phi) is 4.22. The van der Waals surface area contributed by atoms with Gasteiger partial charge >= 0.3 is 0 Å². The van der Waals surface area contributed by atoms with Gasteiger partial charge in [0.15, 0.2) is 5.03 Å². The molecule has 0 unspecified atom stereocenters. The van der Waals surface area contributed by atoms with E-state index in [0.29, 0.717) is 4.34 Å². The molecule has 0 saturated carbocycles. The van der Waals surface area contributed by atoms with Gasteiger partial charge in [-0.05, 0) is 12.1 Å². The van der Waals surface area contributed by atoms with E-state index >= 15 is 0 Å². The Morgan fingerprint density at radius 2 is 2.11 bits per heavy atom. The molecule has 0 aliphatic rings. The molecule has 0 spiro atoms. The lowest BCUT2D eigenvalue weighted by Gasteiger charge is -2.16. The van der Waals surface area contributed by atoms with E-state index < -0.39 is 10.0 Å². The van der Waals surface area contributed by atoms with Gasteiger partial charge in [0.05, 0.1) is 15.6 Å². The minimum absolute atomic E-state index is 0.0145. The van der Waals surface area contributed by atoms with Crippen LogP contribution in [-0.4, -0.2) is 29.6 Å². The normalized spacial score (nSPS) is 12.3. The molecular weight excluding hydrogens is 329 g/mol. The van der Waals surface area contributed by atoms with Gasteiger partial charge in [0.1, 0.15) is 0 Å². The average Bonchev–Trinajstić information content (AvgIpc) is 2.85. The molecule has 2 rings (SSSR count). The zero-order valence-electron chi connectivity index (χ0n) is 10.2. The molecule has 0 aliphatic carbocycles. The van der Waals surface area contributed by atoms with Crippen LogP contribution in [0.3, 0.4) is 0 Å². The summed E-state index contributed by atoms with van der Waals surface area (Å²) in [5.41, 5.74) is 0. The van der Waals surface area contributed by atoms with Crippen molar-refractivity contribution in [3.63, 3.8) is 0 Å². The summed E-state index contributed by atoms with van der Waals surface area (Å²) in [5, 5.41) is 3.93. The van der Waals surface area contributed by atoms with Crippen LogP contribution >= 0.6 is 34.5 Å². The van der Waals surface area contributed by atoms with E-state index in [1.54, 1.807) is 12.1 Å². The van der Waals surface area contributed by atoms with Gasteiger partial charge in [-0.15, -0.1) is 11.3 Å². The van der Waals surface area contributed by atoms with Gasteiger partial charge in [-0.3, -0.25) is 4.68 Å². The van der Waals surface area contributed by atoms with Crippen molar-refractivity contribution in [3.8, 4) is 0 Å². The number of hydrogen-bond acceptors (Lipinski definition) is 4. The van der Waals surface area contributed by atoms with Crippen molar-refractivity contribution in [1.82, 2.24) is 14.1 Å². The van der Waals surface area contributed by atoms with Crippen LogP contribution in [0.25, 0.3) is 0 Å². The molecule has 0 fully saturated rings. The standard InChI is InChI=1S/C10H11Cl2N3O2S2/c1-14(6-7-3-4-9(12)18-7)19(16,17)10-8(11)5-13-15(10)2/h3-5H,6H2,1-2H3. The first kappa shape index (κ1) is 14.8. The molecule has 19 heavy (non-hydrogen) atoms. The summed E-state index contributed by atoms with van der Waals surface area (Å²) in [5.74, 6) is 0. The van der Waals surface area contributed by atoms with Gasteiger partial charge in [0.2, 0.25) is 0 Å². The van der Waals surface area contributed by atoms with Crippen LogP contribution < -0.4 is 0 Å². The lowest BCUT2D eigenvalue weighted by molar-refractivity contribution is 0.460. The lowest BCUT2D eigenvalue weighted by Crippen LogP contribution is -2.28. The van der Waals surface area contributed by atoms with Gasteiger partial charge in [-0.2, -0.15) is 9.40 Å². The molecule has 0 radical (unpaired) electrons. The van der Waals surface area contributed by atoms with Gasteiger partial charge < -0.3 is 0 Å². The molecule has 0 aliphatic heterocycles. The number of aromatic nitrogens is 2. The van der Waals surface area contributed by atoms with E-state index in [4.69, 9.17) is 23.2 Å². The molecule has 9 heteroatoms. The predicted molar refractivity (Wildman–Crippen MR) is 76.2 cm³/mol. The van der Waals surface area contributed by atoms with Gasteiger partial charge in [0, 0.05) is 25.5 Å². The average molecular weight is 340 g/mol. The van der Waals surface area contributed by atoms with Crippen LogP contribution in [0.4, 0.5) is 0 Å². The molecule has 2 aromatic heterocycles. The van der Waals surface area contributed by atoms with Crippen molar-refractivity contribution in [2.45, 2.75) is 11.6 Å². The second-order valence-electron chi connectivity index (χ2n) is 3.89. The lowest BCUT2D eigenvalue weighted by atomic mass is 10.5. The van der Waals surface area contributed by atoms with Gasteiger partial charge in [-0.25, -0.2) is 8.42 Å². The summed E-state index contributed by atoms with van der Waals surface area (Å²) in [4.78, 5) is 0.856. The predicted octanol–water partition coefficient (Wildman–Crippen LogP) is 2.61. The number of nitrogens with zero attached hydrogens (tertiary/aromatic N) is 3. The Bertz CT molecular complexity index is 674. The molecule has 5 nitrogen and oxygen atoms in total. The largest absolute Gasteiger partial charge is 0.261 e. The van der Waals surface area contributed by atoms with E-state index in [2.05, 4.69) is 5.10 Å². The number of rotatable bonds is 4. The van der Waals surface area contributed by atoms with Crippen LogP contribution in [0.1, 0.15) is 4.88 Å². The zero-order valence-corrected chi connectivity index (χ0v) is 13.3. The highest BCUT2D eigenvalue weighted by Gasteiger charge is 2.27. The van der Waals surface area contributed by atoms with E-state index in [1.165, 1.54) is 40.6 Å². The maximum atomic E-state index is 12.4. The summed E-state index contributed by atoms with van der Waals surface area (Å²) < 4.78 is 27.9. The second kappa shape index (κ2) is 5.41. The number of sulfonamides is 1. The number of hydrogen-bond donors (Lipinski definition) is 0. The van der Waals surface area contributed by atoms with Gasteiger partial charge in [0.25, 0.3) is 10.0 Å². The minimum atomic E-state index is -3.68. The summed E-state index contributed by atoms with van der Waals surface area (Å²) in [6.07, 6.45) is 1.31. The van der Waals surface area contributed by atoms with E-state index in [0.717, 1.165) is 4.88 Å². The molecule has 0 amide bonds. The highest BCUT2D eigenvalue weighted by molar-refractivity contribution is 7.89. The molecule has 2 heterocycles. The second-order valence-corrected chi connectivity index (χ2v) is 8.06. The molecule has 0 atom stereocenters. The van der Waals surface area contributed by atoms with Gasteiger partial charge in [-0.1, -0.05) is 23.2 Å². The maximum absolute atomic E-state index is 12.4. The zero-order chi connectivity index (χ0) is 14.2. The number of thiophene rings is 1. The van der Waals surface area contributed by atoms with E-state index in [-0.39, 0.29) is 16.6 Å². The third kappa shape index (κ3) is 2.95. The first-order valence-electron chi connectivity index (χ1n) is 5.20. The van der Waals surface area contributed by atoms with Crippen LogP contribution in [-0.2, 0) is 23.6 Å². The fourth-order valence-corrected chi connectivity index (χ4v) is 4.54. The summed E-state index contributed by atoms with van der Waals surface area (Å²) in [7, 11) is -0.652. The Labute approximate surface area is 125 Å². The highest BCUT2D eigenvalue weighted by atomic mass is 35.5. The Morgan fingerprint density at radius 1 is 1.42 bits per heavy atom. The Balaban J connectivity index is 2.30. The fraction of sp³-hybridized carbons (Fsp3) is 0.300. The SMILES string of the molecule is CN(Cc1ccc(Cl)s1)S(=O)(=O)c1c(Cl)cnn1C. The highest BCUT2D eigenvalue weighted by Crippen LogP contribution is 2.27. The summed E-state index contributed by atoms with van der Waals surface area (Å²) >= 11 is 13.0. The minimum Gasteiger partial charge on any atom is -0.255 e. The van der Waals surface area contributed by atoms with Crippen molar-refractivity contribution >= 4 is 44.6 Å². The van der Waals surface area contributed by atoms with Crippen molar-refractivity contribution in [1.29, 1.82) is 0 Å². The monoisotopic (exact) mass is 339 g/mol. The molecule has 0 N–H and O–H groups in total. The third-order valence-electron chi connectivity index (χ3n) is 2.50. The van der Waals surface area contributed by atoms with Crippen LogP contribution in [0.2, 0.25) is 9.36 Å². The van der Waals surface area contributed by atoms with Crippen molar-refractivity contribution in [2.75, 3.05) is 7.05 Å². The maximum Gasteiger partial charge on any atom is 0.261 e. The quantitative estimate of drug-likeness (QED) is 0.860. The topological polar surface area (TPSA) is 55.2 Å². The Hall–Kier alpha value is -0.600. The molecule has 2 aromatic rings. The van der Waals surface area contributed by atoms with Crippen LogP contribution in [0.5, 0.6) is 0 Å². The first-order chi connectivity index (χ1) is 8.82. The smallest absolute Gasteiger partial charge is 0.255 e. The fourth-order valence-electron chi connectivity index (χ4n) is 1.58. The van der Waals surface area contributed by atoms with Crippen molar-refractivity contribution in [3.05, 3.63) is 32.6 Å². The first-order valence-corrected chi connectivity index (χ1v) is 8.21. The molecule has 0 bridgehead atoms. The number of halogens is 2. The van der Waals surface area contributed by atoms with Crippen LogP contribution in [0, 0.1) is 0 Å². The Morgan fingerprint density at radius 3 is 2.58 bits per heavy atom. The van der Waals surface area contributed by atoms with Crippen molar-refractivity contribution in [2.24, 2.45) is 7.05 Å². The van der Waals surface area contributed by atoms with E-state index in [9.17, 15) is 8.42 Å². The van der Waals surface area contributed by atoms with E-state index in [1.807, 2.05) is 0 Å².